The summed E-state index contributed by atoms with van der Waals surface area (Å²) in [6.45, 7) is 10.4. The molecule has 13 heteroatoms. The summed E-state index contributed by atoms with van der Waals surface area (Å²) in [6, 6.07) is 7.44. The highest BCUT2D eigenvalue weighted by Gasteiger charge is 2.60. The SMILES string of the molecule is CC(=O)OC1C(OC(C)=O)C(OC(C)=O)C(OC(C)=O)C(OC(C)=O)C1OC(C)=O.CC(C)c1ccccc1O. The molecule has 0 aromatic heterocycles. The van der Waals surface area contributed by atoms with Crippen LogP contribution in [0.4, 0.5) is 0 Å². The van der Waals surface area contributed by atoms with Crippen LogP contribution in [0.25, 0.3) is 0 Å². The zero-order valence-corrected chi connectivity index (χ0v) is 23.7. The molecule has 1 aromatic rings. The molecule has 0 spiro atoms. The number of carbonyl (C=O) groups excluding carboxylic acids is 6. The van der Waals surface area contributed by atoms with E-state index in [9.17, 15) is 33.9 Å². The van der Waals surface area contributed by atoms with Crippen LogP contribution >= 0.6 is 0 Å². The monoisotopic (exact) mass is 568 g/mol. The minimum Gasteiger partial charge on any atom is -0.508 e. The summed E-state index contributed by atoms with van der Waals surface area (Å²) in [7, 11) is 0. The number of hydrogen-bond acceptors (Lipinski definition) is 13. The van der Waals surface area contributed by atoms with E-state index in [-0.39, 0.29) is 0 Å². The summed E-state index contributed by atoms with van der Waals surface area (Å²) in [5.74, 6) is -4.34. The number of rotatable bonds is 7. The van der Waals surface area contributed by atoms with E-state index in [0.29, 0.717) is 11.7 Å². The van der Waals surface area contributed by atoms with E-state index >= 15 is 0 Å². The molecule has 222 valence electrons. The summed E-state index contributed by atoms with van der Waals surface area (Å²) in [5, 5.41) is 9.28. The molecule has 0 atom stereocenters. The van der Waals surface area contributed by atoms with Crippen LogP contribution in [-0.4, -0.2) is 77.5 Å². The summed E-state index contributed by atoms with van der Waals surface area (Å²) in [5.41, 5.74) is 1.02. The van der Waals surface area contributed by atoms with E-state index < -0.39 is 72.4 Å². The molecule has 1 saturated carbocycles. The van der Waals surface area contributed by atoms with Crippen molar-refractivity contribution in [3.05, 3.63) is 29.8 Å². The Hall–Kier alpha value is -4.16. The maximum atomic E-state index is 11.7. The van der Waals surface area contributed by atoms with E-state index in [1.54, 1.807) is 6.07 Å². The molecule has 0 saturated heterocycles. The molecule has 0 unspecified atom stereocenters. The van der Waals surface area contributed by atoms with Crippen molar-refractivity contribution in [2.45, 2.75) is 97.9 Å². The molecule has 1 N–H and O–H groups in total. The summed E-state index contributed by atoms with van der Waals surface area (Å²) < 4.78 is 31.1. The number of carbonyl (C=O) groups is 6. The second kappa shape index (κ2) is 15.4. The third-order valence-corrected chi connectivity index (χ3v) is 5.31. The van der Waals surface area contributed by atoms with Crippen LogP contribution in [0.1, 0.15) is 66.9 Å². The maximum absolute atomic E-state index is 11.7. The zero-order valence-electron chi connectivity index (χ0n) is 23.7. The van der Waals surface area contributed by atoms with Gasteiger partial charge in [-0.2, -0.15) is 0 Å². The van der Waals surface area contributed by atoms with E-state index in [4.69, 9.17) is 28.4 Å². The molecule has 1 aliphatic rings. The molecule has 0 heterocycles. The first-order chi connectivity index (χ1) is 18.5. The van der Waals surface area contributed by atoms with Crippen LogP contribution in [0.2, 0.25) is 0 Å². The second-order valence-electron chi connectivity index (χ2n) is 9.16. The molecule has 0 amide bonds. The highest BCUT2D eigenvalue weighted by molar-refractivity contribution is 5.71. The van der Waals surface area contributed by atoms with E-state index in [1.165, 1.54) is 0 Å². The van der Waals surface area contributed by atoms with Crippen LogP contribution in [0, 0.1) is 0 Å². The first-order valence-electron chi connectivity index (χ1n) is 12.4. The van der Waals surface area contributed by atoms with Crippen molar-refractivity contribution < 1.29 is 62.3 Å². The quantitative estimate of drug-likeness (QED) is 0.374. The Morgan fingerprint density at radius 1 is 0.525 bits per heavy atom. The summed E-state index contributed by atoms with van der Waals surface area (Å²) in [6.07, 6.45) is -9.27. The Morgan fingerprint density at radius 2 is 0.750 bits per heavy atom. The lowest BCUT2D eigenvalue weighted by molar-refractivity contribution is -0.259. The number of phenolic OH excluding ortho intramolecular Hbond substituents is 1. The van der Waals surface area contributed by atoms with E-state index in [2.05, 4.69) is 13.8 Å². The van der Waals surface area contributed by atoms with Crippen LogP contribution in [0.5, 0.6) is 5.75 Å². The van der Waals surface area contributed by atoms with Crippen molar-refractivity contribution in [2.24, 2.45) is 0 Å². The number of benzene rings is 1. The fourth-order valence-electron chi connectivity index (χ4n) is 4.05. The van der Waals surface area contributed by atoms with Crippen LogP contribution in [0.3, 0.4) is 0 Å². The Labute approximate surface area is 232 Å². The Kier molecular flexibility index (Phi) is 13.1. The molecule has 40 heavy (non-hydrogen) atoms. The standard InChI is InChI=1S/C18H24O12.C9H12O/c1-7(19)25-13-14(26-8(2)20)16(28-10(4)22)18(30-12(6)24)17(29-11(5)23)15(13)27-9(3)21;1-7(2)8-5-3-4-6-9(8)10/h13-18H,1-6H3;3-7,10H,1-2H3. The number of para-hydroxylation sites is 1. The fraction of sp³-hybridized carbons (Fsp3) is 0.556. The molecule has 0 aliphatic heterocycles. The average Bonchev–Trinajstić information content (AvgIpc) is 2.79. The first-order valence-corrected chi connectivity index (χ1v) is 12.4. The summed E-state index contributed by atoms with van der Waals surface area (Å²) in [4.78, 5) is 70.1. The lowest BCUT2D eigenvalue weighted by atomic mass is 9.83. The van der Waals surface area contributed by atoms with Crippen LogP contribution in [-0.2, 0) is 57.2 Å². The average molecular weight is 569 g/mol. The van der Waals surface area contributed by atoms with Gasteiger partial charge in [0.15, 0.2) is 36.6 Å². The van der Waals surface area contributed by atoms with Crippen molar-refractivity contribution in [2.75, 3.05) is 0 Å². The smallest absolute Gasteiger partial charge is 0.303 e. The van der Waals surface area contributed by atoms with Gasteiger partial charge in [-0.25, -0.2) is 0 Å². The van der Waals surface area contributed by atoms with Gasteiger partial charge in [0.2, 0.25) is 0 Å². The van der Waals surface area contributed by atoms with Gasteiger partial charge in [0.05, 0.1) is 0 Å². The van der Waals surface area contributed by atoms with Crippen molar-refractivity contribution in [3.8, 4) is 5.75 Å². The number of hydrogen-bond donors (Lipinski definition) is 1. The Balaban J connectivity index is 0.000000667. The molecule has 1 aromatic carbocycles. The predicted octanol–water partition coefficient (Wildman–Crippen LogP) is 2.11. The second-order valence-corrected chi connectivity index (χ2v) is 9.16. The Bertz CT molecular complexity index is 913. The molecular weight excluding hydrogens is 532 g/mol. The highest BCUT2D eigenvalue weighted by Crippen LogP contribution is 2.34. The normalized spacial score (nSPS) is 23.4. The van der Waals surface area contributed by atoms with E-state index in [0.717, 1.165) is 47.1 Å². The van der Waals surface area contributed by atoms with Gasteiger partial charge in [-0.3, -0.25) is 28.8 Å². The lowest BCUT2D eigenvalue weighted by Crippen LogP contribution is -2.68. The summed E-state index contributed by atoms with van der Waals surface area (Å²) >= 11 is 0. The molecule has 0 radical (unpaired) electrons. The third-order valence-electron chi connectivity index (χ3n) is 5.31. The zero-order chi connectivity index (χ0) is 30.7. The van der Waals surface area contributed by atoms with Gasteiger partial charge in [0.1, 0.15) is 5.75 Å². The molecule has 1 aliphatic carbocycles. The van der Waals surface area contributed by atoms with Gasteiger partial charge in [-0.15, -0.1) is 0 Å². The predicted molar refractivity (Wildman–Crippen MR) is 136 cm³/mol. The molecule has 1 fully saturated rings. The first kappa shape index (κ1) is 33.9. The molecule has 2 rings (SSSR count). The van der Waals surface area contributed by atoms with E-state index in [1.807, 2.05) is 18.2 Å². The van der Waals surface area contributed by atoms with Crippen LogP contribution < -0.4 is 0 Å². The van der Waals surface area contributed by atoms with Gasteiger partial charge in [0, 0.05) is 41.5 Å². The number of aromatic hydroxyl groups is 1. The fourth-order valence-corrected chi connectivity index (χ4v) is 4.05. The Morgan fingerprint density at radius 3 is 0.900 bits per heavy atom. The minimum atomic E-state index is -1.55. The van der Waals surface area contributed by atoms with Gasteiger partial charge >= 0.3 is 35.8 Å². The lowest BCUT2D eigenvalue weighted by Gasteiger charge is -2.46. The van der Waals surface area contributed by atoms with Crippen molar-refractivity contribution in [3.63, 3.8) is 0 Å². The molecule has 0 bridgehead atoms. The maximum Gasteiger partial charge on any atom is 0.303 e. The topological polar surface area (TPSA) is 178 Å². The number of phenols is 1. The van der Waals surface area contributed by atoms with Gasteiger partial charge < -0.3 is 33.5 Å². The van der Waals surface area contributed by atoms with Gasteiger partial charge in [-0.05, 0) is 17.5 Å². The van der Waals surface area contributed by atoms with Crippen LogP contribution in [0.15, 0.2) is 24.3 Å². The molecule has 13 nitrogen and oxygen atoms in total. The largest absolute Gasteiger partial charge is 0.508 e. The molecular formula is C27H36O13. The van der Waals surface area contributed by atoms with Crippen molar-refractivity contribution in [1.82, 2.24) is 0 Å². The van der Waals surface area contributed by atoms with Crippen molar-refractivity contribution in [1.29, 1.82) is 0 Å². The number of esters is 6. The third kappa shape index (κ3) is 10.5. The highest BCUT2D eigenvalue weighted by atomic mass is 16.7. The number of ether oxygens (including phenoxy) is 6. The minimum absolute atomic E-state index is 0.400. The van der Waals surface area contributed by atoms with Crippen molar-refractivity contribution >= 4 is 35.8 Å². The van der Waals surface area contributed by atoms with Gasteiger partial charge in [-0.1, -0.05) is 32.0 Å². The van der Waals surface area contributed by atoms with Gasteiger partial charge in [0.25, 0.3) is 0 Å².